The maximum absolute atomic E-state index is 12.8. The molecule has 0 fully saturated rings. The Hall–Kier alpha value is -0.870. The Morgan fingerprint density at radius 2 is 1.53 bits per heavy atom. The molecule has 1 unspecified atom stereocenters. The molecule has 3 nitrogen and oxygen atoms in total. The maximum atomic E-state index is 12.8. The van der Waals surface area contributed by atoms with Crippen LogP contribution < -0.4 is 0 Å². The fraction of sp³-hybridized carbons (Fsp3) is 0.600. The van der Waals surface area contributed by atoms with Crippen molar-refractivity contribution in [2.45, 2.75) is 58.9 Å². The summed E-state index contributed by atoms with van der Waals surface area (Å²) >= 11 is 0. The average molecular weight is 283 g/mol. The molecule has 0 N–H and O–H groups in total. The second-order valence-corrected chi connectivity index (χ2v) is 7.30. The number of aryl methyl sites for hydroxylation is 2. The number of sulfonamides is 1. The molecule has 108 valence electrons. The summed E-state index contributed by atoms with van der Waals surface area (Å²) in [4.78, 5) is 0.479. The van der Waals surface area contributed by atoms with Gasteiger partial charge in [-0.2, -0.15) is 4.31 Å². The highest BCUT2D eigenvalue weighted by molar-refractivity contribution is 7.89. The van der Waals surface area contributed by atoms with E-state index in [1.807, 2.05) is 47.6 Å². The normalized spacial score (nSPS) is 13.9. The zero-order chi connectivity index (χ0) is 15.0. The minimum absolute atomic E-state index is 0.00428. The van der Waals surface area contributed by atoms with E-state index in [0.29, 0.717) is 4.90 Å². The molecule has 0 radical (unpaired) electrons. The molecule has 0 aliphatic carbocycles. The van der Waals surface area contributed by atoms with Crippen LogP contribution in [0, 0.1) is 27.7 Å². The molecule has 0 amide bonds. The predicted molar refractivity (Wildman–Crippen MR) is 80.1 cm³/mol. The van der Waals surface area contributed by atoms with E-state index in [9.17, 15) is 8.42 Å². The number of benzene rings is 1. The van der Waals surface area contributed by atoms with Crippen molar-refractivity contribution >= 4 is 10.0 Å². The van der Waals surface area contributed by atoms with Crippen LogP contribution in [0.2, 0.25) is 0 Å². The highest BCUT2D eigenvalue weighted by atomic mass is 32.2. The van der Waals surface area contributed by atoms with Gasteiger partial charge in [0.15, 0.2) is 0 Å². The van der Waals surface area contributed by atoms with Crippen LogP contribution in [0.5, 0.6) is 0 Å². The van der Waals surface area contributed by atoms with Gasteiger partial charge < -0.3 is 0 Å². The summed E-state index contributed by atoms with van der Waals surface area (Å²) in [6, 6.07) is 2.05. The van der Waals surface area contributed by atoms with Gasteiger partial charge in [-0.3, -0.25) is 0 Å². The lowest BCUT2D eigenvalue weighted by Crippen LogP contribution is -2.35. The molecular formula is C15H25NO2S. The fourth-order valence-electron chi connectivity index (χ4n) is 2.21. The SMILES string of the molecule is CCC(C)N(C)S(=O)(=O)c1c(C)c(C)cc(C)c1C. The second kappa shape index (κ2) is 5.63. The van der Waals surface area contributed by atoms with Gasteiger partial charge in [-0.25, -0.2) is 8.42 Å². The van der Waals surface area contributed by atoms with Crippen molar-refractivity contribution < 1.29 is 8.42 Å². The summed E-state index contributed by atoms with van der Waals surface area (Å²) in [5, 5.41) is 0. The van der Waals surface area contributed by atoms with Crippen LogP contribution in [0.1, 0.15) is 42.5 Å². The quantitative estimate of drug-likeness (QED) is 0.850. The summed E-state index contributed by atoms with van der Waals surface area (Å²) in [6.45, 7) is 11.6. The van der Waals surface area contributed by atoms with Gasteiger partial charge in [0.25, 0.3) is 0 Å². The summed E-state index contributed by atoms with van der Waals surface area (Å²) in [5.41, 5.74) is 3.77. The molecule has 0 bridgehead atoms. The molecular weight excluding hydrogens is 258 g/mol. The van der Waals surface area contributed by atoms with Gasteiger partial charge in [0.1, 0.15) is 0 Å². The van der Waals surface area contributed by atoms with Gasteiger partial charge >= 0.3 is 0 Å². The number of rotatable bonds is 4. The standard InChI is InChI=1S/C15H25NO2S/c1-8-12(4)16(7)19(17,18)15-13(5)10(2)9-11(3)14(15)6/h9,12H,8H2,1-7H3. The van der Waals surface area contributed by atoms with E-state index in [1.54, 1.807) is 7.05 Å². The van der Waals surface area contributed by atoms with E-state index in [-0.39, 0.29) is 6.04 Å². The van der Waals surface area contributed by atoms with E-state index in [2.05, 4.69) is 0 Å². The van der Waals surface area contributed by atoms with Gasteiger partial charge in [0.2, 0.25) is 10.0 Å². The van der Waals surface area contributed by atoms with Crippen molar-refractivity contribution in [1.82, 2.24) is 4.31 Å². The van der Waals surface area contributed by atoms with Crippen molar-refractivity contribution in [3.05, 3.63) is 28.3 Å². The van der Waals surface area contributed by atoms with Crippen LogP contribution in [-0.4, -0.2) is 25.8 Å². The molecule has 1 atom stereocenters. The zero-order valence-corrected chi connectivity index (χ0v) is 13.9. The largest absolute Gasteiger partial charge is 0.243 e. The molecule has 1 aromatic carbocycles. The molecule has 0 spiro atoms. The van der Waals surface area contributed by atoms with Gasteiger partial charge in [-0.05, 0) is 63.3 Å². The molecule has 0 heterocycles. The van der Waals surface area contributed by atoms with Crippen molar-refractivity contribution in [1.29, 1.82) is 0 Å². The number of hydrogen-bond acceptors (Lipinski definition) is 2. The van der Waals surface area contributed by atoms with Crippen molar-refractivity contribution in [3.8, 4) is 0 Å². The zero-order valence-electron chi connectivity index (χ0n) is 13.0. The molecule has 1 rings (SSSR count). The Morgan fingerprint density at radius 1 is 1.11 bits per heavy atom. The van der Waals surface area contributed by atoms with Gasteiger partial charge in [-0.15, -0.1) is 0 Å². The smallest absolute Gasteiger partial charge is 0.207 e. The molecule has 0 aliphatic heterocycles. The average Bonchev–Trinajstić information content (AvgIpc) is 2.34. The first kappa shape index (κ1) is 16.2. The summed E-state index contributed by atoms with van der Waals surface area (Å²) in [5.74, 6) is 0. The Bertz CT molecular complexity index is 550. The molecule has 0 saturated heterocycles. The lowest BCUT2D eigenvalue weighted by Gasteiger charge is -2.26. The third kappa shape index (κ3) is 2.84. The van der Waals surface area contributed by atoms with Crippen LogP contribution in [0.3, 0.4) is 0 Å². The Morgan fingerprint density at radius 3 is 1.89 bits per heavy atom. The number of hydrogen-bond donors (Lipinski definition) is 0. The van der Waals surface area contributed by atoms with E-state index in [1.165, 1.54) is 4.31 Å². The van der Waals surface area contributed by atoms with Crippen molar-refractivity contribution in [3.63, 3.8) is 0 Å². The minimum atomic E-state index is -3.42. The minimum Gasteiger partial charge on any atom is -0.207 e. The molecule has 0 aromatic heterocycles. The van der Waals surface area contributed by atoms with E-state index < -0.39 is 10.0 Å². The molecule has 19 heavy (non-hydrogen) atoms. The monoisotopic (exact) mass is 283 g/mol. The third-order valence-corrected chi connectivity index (χ3v) is 6.39. The highest BCUT2D eigenvalue weighted by Crippen LogP contribution is 2.29. The lowest BCUT2D eigenvalue weighted by atomic mass is 10.0. The summed E-state index contributed by atoms with van der Waals surface area (Å²) < 4.78 is 27.1. The van der Waals surface area contributed by atoms with Crippen molar-refractivity contribution in [2.24, 2.45) is 0 Å². The highest BCUT2D eigenvalue weighted by Gasteiger charge is 2.28. The first-order valence-electron chi connectivity index (χ1n) is 6.70. The lowest BCUT2D eigenvalue weighted by molar-refractivity contribution is 0.380. The Labute approximate surface area is 117 Å². The van der Waals surface area contributed by atoms with Crippen LogP contribution in [-0.2, 0) is 10.0 Å². The van der Waals surface area contributed by atoms with Gasteiger partial charge in [0.05, 0.1) is 4.90 Å². The summed E-state index contributed by atoms with van der Waals surface area (Å²) in [6.07, 6.45) is 0.804. The van der Waals surface area contributed by atoms with E-state index in [4.69, 9.17) is 0 Å². The van der Waals surface area contributed by atoms with Gasteiger partial charge in [0, 0.05) is 13.1 Å². The predicted octanol–water partition coefficient (Wildman–Crippen LogP) is 3.34. The van der Waals surface area contributed by atoms with E-state index >= 15 is 0 Å². The first-order chi connectivity index (χ1) is 8.64. The molecule has 0 aliphatic rings. The maximum Gasteiger partial charge on any atom is 0.243 e. The molecule has 4 heteroatoms. The van der Waals surface area contributed by atoms with Crippen LogP contribution >= 0.6 is 0 Å². The van der Waals surface area contributed by atoms with Gasteiger partial charge in [-0.1, -0.05) is 13.0 Å². The molecule has 1 aromatic rings. The fourth-order valence-corrected chi connectivity index (χ4v) is 4.21. The molecule has 0 saturated carbocycles. The second-order valence-electron chi connectivity index (χ2n) is 5.37. The van der Waals surface area contributed by atoms with Crippen molar-refractivity contribution in [2.75, 3.05) is 7.05 Å². The number of nitrogens with zero attached hydrogens (tertiary/aromatic N) is 1. The Kier molecular flexibility index (Phi) is 4.80. The summed E-state index contributed by atoms with van der Waals surface area (Å²) in [7, 11) is -1.76. The van der Waals surface area contributed by atoms with Crippen LogP contribution in [0.25, 0.3) is 0 Å². The third-order valence-electron chi connectivity index (χ3n) is 4.15. The van der Waals surface area contributed by atoms with Crippen LogP contribution in [0.4, 0.5) is 0 Å². The van der Waals surface area contributed by atoms with E-state index in [0.717, 1.165) is 28.7 Å². The first-order valence-corrected chi connectivity index (χ1v) is 8.14. The topological polar surface area (TPSA) is 37.4 Å². The Balaban J connectivity index is 3.54. The van der Waals surface area contributed by atoms with Crippen LogP contribution in [0.15, 0.2) is 11.0 Å².